The molecule has 0 atom stereocenters. The van der Waals surface area contributed by atoms with Gasteiger partial charge in [0, 0.05) is 19.4 Å². The van der Waals surface area contributed by atoms with Crippen LogP contribution in [0.4, 0.5) is 0 Å². The van der Waals surface area contributed by atoms with E-state index in [0.717, 1.165) is 12.8 Å². The molecule has 3 heteroatoms. The van der Waals surface area contributed by atoms with Crippen LogP contribution in [0.1, 0.15) is 39.5 Å². The highest BCUT2D eigenvalue weighted by molar-refractivity contribution is 5.75. The van der Waals surface area contributed by atoms with E-state index in [1.807, 2.05) is 6.92 Å². The Kier molecular flexibility index (Phi) is 6.34. The zero-order chi connectivity index (χ0) is 9.40. The van der Waals surface area contributed by atoms with Crippen LogP contribution in [0.25, 0.3) is 0 Å². The predicted octanol–water partition coefficient (Wildman–Crippen LogP) is 1.27. The third-order valence-electron chi connectivity index (χ3n) is 1.60. The van der Waals surface area contributed by atoms with Crippen LogP contribution in [-0.2, 0) is 9.59 Å². The molecule has 0 heterocycles. The van der Waals surface area contributed by atoms with Crippen molar-refractivity contribution in [1.29, 1.82) is 0 Å². The lowest BCUT2D eigenvalue weighted by Gasteiger charge is -2.01. The van der Waals surface area contributed by atoms with Crippen molar-refractivity contribution in [3.05, 3.63) is 0 Å². The van der Waals surface area contributed by atoms with Gasteiger partial charge in [-0.25, -0.2) is 0 Å². The van der Waals surface area contributed by atoms with Crippen LogP contribution in [0.2, 0.25) is 0 Å². The first-order valence-corrected chi connectivity index (χ1v) is 4.43. The number of hydrogen-bond donors (Lipinski definition) is 1. The molecule has 12 heavy (non-hydrogen) atoms. The average molecular weight is 171 g/mol. The maximum atomic E-state index is 10.7. The number of nitrogens with one attached hydrogen (secondary N) is 1. The van der Waals surface area contributed by atoms with Crippen LogP contribution in [0, 0.1) is 0 Å². The van der Waals surface area contributed by atoms with Crippen molar-refractivity contribution in [2.24, 2.45) is 0 Å². The molecular formula is C9H17NO2. The number of unbranched alkanes of at least 4 members (excludes halogenated alkanes) is 1. The molecule has 0 rings (SSSR count). The van der Waals surface area contributed by atoms with Gasteiger partial charge in [0.25, 0.3) is 0 Å². The van der Waals surface area contributed by atoms with Crippen molar-refractivity contribution in [1.82, 2.24) is 5.32 Å². The lowest BCUT2D eigenvalue weighted by atomic mass is 10.2. The van der Waals surface area contributed by atoms with Gasteiger partial charge >= 0.3 is 0 Å². The third kappa shape index (κ3) is 7.25. The van der Waals surface area contributed by atoms with Crippen molar-refractivity contribution in [3.8, 4) is 0 Å². The molecule has 0 bridgehead atoms. The number of hydrogen-bond acceptors (Lipinski definition) is 2. The van der Waals surface area contributed by atoms with Gasteiger partial charge in [0.1, 0.15) is 5.78 Å². The molecule has 1 N–H and O–H groups in total. The molecule has 0 spiro atoms. The summed E-state index contributed by atoms with van der Waals surface area (Å²) in [7, 11) is 0. The zero-order valence-electron chi connectivity index (χ0n) is 7.85. The Morgan fingerprint density at radius 1 is 1.25 bits per heavy atom. The number of carbonyl (C=O) groups excluding carboxylic acids is 2. The molecule has 0 radical (unpaired) electrons. The molecule has 3 nitrogen and oxygen atoms in total. The van der Waals surface area contributed by atoms with E-state index in [-0.39, 0.29) is 11.7 Å². The minimum Gasteiger partial charge on any atom is -0.356 e. The van der Waals surface area contributed by atoms with Gasteiger partial charge in [-0.05, 0) is 19.8 Å². The zero-order valence-corrected chi connectivity index (χ0v) is 7.85. The standard InChI is InChI=1S/C9H17NO2/c1-3-9(12)10-7-5-4-6-8(2)11/h3-7H2,1-2H3,(H,10,12). The third-order valence-corrected chi connectivity index (χ3v) is 1.60. The molecule has 0 saturated heterocycles. The van der Waals surface area contributed by atoms with Crippen LogP contribution in [0.3, 0.4) is 0 Å². The van der Waals surface area contributed by atoms with Crippen molar-refractivity contribution in [2.45, 2.75) is 39.5 Å². The molecule has 0 aliphatic rings. The second-order valence-corrected chi connectivity index (χ2v) is 2.86. The smallest absolute Gasteiger partial charge is 0.219 e. The fourth-order valence-electron chi connectivity index (χ4n) is 0.852. The minimum atomic E-state index is 0.0813. The van der Waals surface area contributed by atoms with E-state index in [1.165, 1.54) is 0 Å². The molecule has 0 aromatic heterocycles. The van der Waals surface area contributed by atoms with Crippen molar-refractivity contribution in [2.75, 3.05) is 6.54 Å². The number of carbonyl (C=O) groups is 2. The Balaban J connectivity index is 3.11. The molecule has 0 aliphatic carbocycles. The molecule has 0 fully saturated rings. The Labute approximate surface area is 73.5 Å². The van der Waals surface area contributed by atoms with Gasteiger partial charge in [0.15, 0.2) is 0 Å². The predicted molar refractivity (Wildman–Crippen MR) is 47.8 cm³/mol. The van der Waals surface area contributed by atoms with E-state index in [4.69, 9.17) is 0 Å². The van der Waals surface area contributed by atoms with Crippen LogP contribution < -0.4 is 5.32 Å². The van der Waals surface area contributed by atoms with E-state index >= 15 is 0 Å². The quantitative estimate of drug-likeness (QED) is 0.612. The SMILES string of the molecule is CCC(=O)NCCCCC(C)=O. The molecule has 0 saturated carbocycles. The van der Waals surface area contributed by atoms with E-state index in [9.17, 15) is 9.59 Å². The van der Waals surface area contributed by atoms with Gasteiger partial charge in [-0.15, -0.1) is 0 Å². The Hall–Kier alpha value is -0.860. The Morgan fingerprint density at radius 3 is 2.42 bits per heavy atom. The maximum absolute atomic E-state index is 10.7. The lowest BCUT2D eigenvalue weighted by Crippen LogP contribution is -2.23. The second-order valence-electron chi connectivity index (χ2n) is 2.86. The molecule has 0 aromatic carbocycles. The molecule has 1 amide bonds. The summed E-state index contributed by atoms with van der Waals surface area (Å²) in [6.45, 7) is 4.11. The summed E-state index contributed by atoms with van der Waals surface area (Å²) in [5.74, 6) is 0.301. The first-order chi connectivity index (χ1) is 5.66. The maximum Gasteiger partial charge on any atom is 0.219 e. The highest BCUT2D eigenvalue weighted by Gasteiger charge is 1.96. The van der Waals surface area contributed by atoms with E-state index in [1.54, 1.807) is 6.92 Å². The van der Waals surface area contributed by atoms with Gasteiger partial charge in [0.05, 0.1) is 0 Å². The number of amides is 1. The van der Waals surface area contributed by atoms with Crippen molar-refractivity contribution in [3.63, 3.8) is 0 Å². The summed E-state index contributed by atoms with van der Waals surface area (Å²) in [5.41, 5.74) is 0. The average Bonchev–Trinajstić information content (AvgIpc) is 2.03. The first-order valence-electron chi connectivity index (χ1n) is 4.43. The Bertz CT molecular complexity index is 155. The van der Waals surface area contributed by atoms with Crippen LogP contribution in [0.15, 0.2) is 0 Å². The van der Waals surface area contributed by atoms with Gasteiger partial charge < -0.3 is 10.1 Å². The van der Waals surface area contributed by atoms with Gasteiger partial charge in [-0.1, -0.05) is 6.92 Å². The normalized spacial score (nSPS) is 9.50. The summed E-state index contributed by atoms with van der Waals surface area (Å²) >= 11 is 0. The van der Waals surface area contributed by atoms with Gasteiger partial charge in [-0.2, -0.15) is 0 Å². The summed E-state index contributed by atoms with van der Waals surface area (Å²) in [6, 6.07) is 0. The van der Waals surface area contributed by atoms with E-state index in [2.05, 4.69) is 5.32 Å². The monoisotopic (exact) mass is 171 g/mol. The fourth-order valence-corrected chi connectivity index (χ4v) is 0.852. The number of ketones is 1. The van der Waals surface area contributed by atoms with Crippen LogP contribution in [0.5, 0.6) is 0 Å². The molecular weight excluding hydrogens is 154 g/mol. The second kappa shape index (κ2) is 6.83. The van der Waals surface area contributed by atoms with Crippen molar-refractivity contribution >= 4 is 11.7 Å². The molecule has 0 aliphatic heterocycles. The summed E-state index contributed by atoms with van der Waals surface area (Å²) in [6.07, 6.45) is 2.93. The van der Waals surface area contributed by atoms with Crippen LogP contribution in [-0.4, -0.2) is 18.2 Å². The highest BCUT2D eigenvalue weighted by Crippen LogP contribution is 1.94. The molecule has 0 unspecified atom stereocenters. The summed E-state index contributed by atoms with van der Waals surface area (Å²) < 4.78 is 0. The van der Waals surface area contributed by atoms with Gasteiger partial charge in [0.2, 0.25) is 5.91 Å². The Morgan fingerprint density at radius 2 is 1.92 bits per heavy atom. The van der Waals surface area contributed by atoms with Crippen molar-refractivity contribution < 1.29 is 9.59 Å². The van der Waals surface area contributed by atoms with Gasteiger partial charge in [-0.3, -0.25) is 4.79 Å². The summed E-state index contributed by atoms with van der Waals surface area (Å²) in [4.78, 5) is 21.2. The first kappa shape index (κ1) is 11.1. The van der Waals surface area contributed by atoms with E-state index in [0.29, 0.717) is 19.4 Å². The topological polar surface area (TPSA) is 46.2 Å². The molecule has 70 valence electrons. The van der Waals surface area contributed by atoms with Crippen LogP contribution >= 0.6 is 0 Å². The number of rotatable bonds is 6. The minimum absolute atomic E-state index is 0.0813. The van der Waals surface area contributed by atoms with E-state index < -0.39 is 0 Å². The summed E-state index contributed by atoms with van der Waals surface area (Å²) in [5, 5.41) is 2.76. The highest BCUT2D eigenvalue weighted by atomic mass is 16.1. The largest absolute Gasteiger partial charge is 0.356 e. The lowest BCUT2D eigenvalue weighted by molar-refractivity contribution is -0.120. The number of Topliss-reactive ketones (excluding diaryl/α,β-unsaturated/α-hetero) is 1. The fraction of sp³-hybridized carbons (Fsp3) is 0.778. The molecule has 0 aromatic rings.